The maximum Gasteiger partial charge on any atom is 0.497 e. The average Bonchev–Trinajstić information content (AvgIpc) is 3.08. The first-order valence-corrected chi connectivity index (χ1v) is 11.0. The lowest BCUT2D eigenvalue weighted by atomic mass is 9.75. The summed E-state index contributed by atoms with van der Waals surface area (Å²) in [5.74, 6) is 0. The van der Waals surface area contributed by atoms with Crippen LogP contribution in [0.15, 0.2) is 54.3 Å². The van der Waals surface area contributed by atoms with Gasteiger partial charge in [0.25, 0.3) is 0 Å². The van der Waals surface area contributed by atoms with Gasteiger partial charge in [-0.15, -0.1) is 0 Å². The lowest BCUT2D eigenvalue weighted by Gasteiger charge is -2.32. The second kappa shape index (κ2) is 6.42. The standard InChI is InChI=1S/C26H30BNO2/c1-24(2)19-13-8-7-11-17(19)22-18(12-9-14-20(22)24)23-21(15-10-16-28-23)27-29-25(3,4)26(5,6)30-27/h7,9-12,14-16H,8,13H2,1-6H3. The Morgan fingerprint density at radius 3 is 2.40 bits per heavy atom. The van der Waals surface area contributed by atoms with E-state index < -0.39 is 7.12 Å². The second-order valence-corrected chi connectivity index (χ2v) is 10.2. The van der Waals surface area contributed by atoms with Crippen molar-refractivity contribution in [1.29, 1.82) is 0 Å². The summed E-state index contributed by atoms with van der Waals surface area (Å²) in [7, 11) is -0.431. The van der Waals surface area contributed by atoms with Crippen molar-refractivity contribution in [2.45, 2.75) is 71.0 Å². The van der Waals surface area contributed by atoms with E-state index in [1.54, 1.807) is 5.57 Å². The predicted molar refractivity (Wildman–Crippen MR) is 124 cm³/mol. The predicted octanol–water partition coefficient (Wildman–Crippen LogP) is 5.44. The molecular formula is C26H30BNO2. The maximum atomic E-state index is 6.39. The van der Waals surface area contributed by atoms with Crippen LogP contribution in [0.25, 0.3) is 16.8 Å². The van der Waals surface area contributed by atoms with E-state index in [4.69, 9.17) is 14.3 Å². The largest absolute Gasteiger partial charge is 0.497 e. The molecular weight excluding hydrogens is 369 g/mol. The van der Waals surface area contributed by atoms with Crippen LogP contribution in [0.5, 0.6) is 0 Å². The highest BCUT2D eigenvalue weighted by atomic mass is 16.7. The van der Waals surface area contributed by atoms with E-state index in [1.807, 2.05) is 12.3 Å². The lowest BCUT2D eigenvalue weighted by Crippen LogP contribution is -2.41. The fourth-order valence-corrected chi connectivity index (χ4v) is 5.07. The normalized spacial score (nSPS) is 22.9. The molecule has 0 unspecified atom stereocenters. The fourth-order valence-electron chi connectivity index (χ4n) is 5.07. The van der Waals surface area contributed by atoms with E-state index in [1.165, 1.54) is 22.3 Å². The molecule has 3 aliphatic rings. The van der Waals surface area contributed by atoms with Gasteiger partial charge in [0.15, 0.2) is 0 Å². The average molecular weight is 399 g/mol. The number of nitrogens with zero attached hydrogens (tertiary/aromatic N) is 1. The Morgan fingerprint density at radius 2 is 1.67 bits per heavy atom. The van der Waals surface area contributed by atoms with Crippen LogP contribution in [0, 0.1) is 0 Å². The maximum absolute atomic E-state index is 6.39. The lowest BCUT2D eigenvalue weighted by molar-refractivity contribution is 0.00578. The molecule has 0 saturated carbocycles. The number of hydrogen-bond donors (Lipinski definition) is 0. The van der Waals surface area contributed by atoms with Crippen molar-refractivity contribution >= 4 is 18.2 Å². The molecule has 3 nitrogen and oxygen atoms in total. The van der Waals surface area contributed by atoms with Crippen molar-refractivity contribution in [3.63, 3.8) is 0 Å². The van der Waals surface area contributed by atoms with Gasteiger partial charge in [0, 0.05) is 22.6 Å². The smallest absolute Gasteiger partial charge is 0.399 e. The molecule has 2 heterocycles. The third-order valence-corrected chi connectivity index (χ3v) is 7.53. The topological polar surface area (TPSA) is 31.4 Å². The quantitative estimate of drug-likeness (QED) is 0.630. The SMILES string of the molecule is CC1(C)C2=C(C=CCC2)c2c(-c3ncccc3B3OC(C)(C)C(C)(C)O3)cccc21. The Labute approximate surface area is 180 Å². The Bertz CT molecular complexity index is 1080. The third kappa shape index (κ3) is 2.70. The van der Waals surface area contributed by atoms with E-state index in [0.717, 1.165) is 24.0 Å². The minimum Gasteiger partial charge on any atom is -0.399 e. The van der Waals surface area contributed by atoms with Gasteiger partial charge in [0.2, 0.25) is 0 Å². The number of hydrogen-bond acceptors (Lipinski definition) is 3. The molecule has 1 saturated heterocycles. The van der Waals surface area contributed by atoms with Crippen molar-refractivity contribution in [3.8, 4) is 11.3 Å². The zero-order valence-electron chi connectivity index (χ0n) is 18.9. The van der Waals surface area contributed by atoms with Crippen molar-refractivity contribution < 1.29 is 9.31 Å². The molecule has 0 atom stereocenters. The van der Waals surface area contributed by atoms with Crippen molar-refractivity contribution in [3.05, 3.63) is 65.4 Å². The Morgan fingerprint density at radius 1 is 0.933 bits per heavy atom. The zero-order chi connectivity index (χ0) is 21.3. The van der Waals surface area contributed by atoms with Gasteiger partial charge in [-0.25, -0.2) is 0 Å². The first-order chi connectivity index (χ1) is 14.1. The van der Waals surface area contributed by atoms with E-state index in [0.29, 0.717) is 0 Å². The van der Waals surface area contributed by atoms with Crippen LogP contribution in [-0.2, 0) is 14.7 Å². The molecule has 0 spiro atoms. The first-order valence-electron chi connectivity index (χ1n) is 11.0. The Balaban J connectivity index is 1.69. The summed E-state index contributed by atoms with van der Waals surface area (Å²) in [5, 5.41) is 0. The van der Waals surface area contributed by atoms with Gasteiger partial charge < -0.3 is 9.31 Å². The molecule has 0 radical (unpaired) electrons. The highest BCUT2D eigenvalue weighted by molar-refractivity contribution is 6.63. The molecule has 0 N–H and O–H groups in total. The molecule has 30 heavy (non-hydrogen) atoms. The Hall–Kier alpha value is -2.17. The van der Waals surface area contributed by atoms with Gasteiger partial charge in [-0.3, -0.25) is 4.98 Å². The number of aromatic nitrogens is 1. The zero-order valence-corrected chi connectivity index (χ0v) is 18.9. The van der Waals surface area contributed by atoms with Crippen LogP contribution < -0.4 is 5.46 Å². The van der Waals surface area contributed by atoms with Gasteiger partial charge in [-0.1, -0.05) is 55.8 Å². The highest BCUT2D eigenvalue weighted by Gasteiger charge is 2.52. The van der Waals surface area contributed by atoms with Gasteiger partial charge in [-0.2, -0.15) is 0 Å². The van der Waals surface area contributed by atoms with Crippen molar-refractivity contribution in [1.82, 2.24) is 4.98 Å². The summed E-state index contributed by atoms with van der Waals surface area (Å²) < 4.78 is 12.8. The third-order valence-electron chi connectivity index (χ3n) is 7.53. The minimum absolute atomic E-state index is 0.0464. The van der Waals surface area contributed by atoms with Crippen LogP contribution in [-0.4, -0.2) is 23.3 Å². The molecule has 2 aliphatic carbocycles. The van der Waals surface area contributed by atoms with Gasteiger partial charge in [-0.05, 0) is 63.3 Å². The van der Waals surface area contributed by atoms with E-state index in [-0.39, 0.29) is 16.6 Å². The van der Waals surface area contributed by atoms with Crippen molar-refractivity contribution in [2.75, 3.05) is 0 Å². The molecule has 0 bridgehead atoms. The van der Waals surface area contributed by atoms with Gasteiger partial charge in [0.05, 0.1) is 16.9 Å². The molecule has 154 valence electrons. The molecule has 1 aromatic heterocycles. The first kappa shape index (κ1) is 19.8. The number of rotatable bonds is 2. The molecule has 2 aromatic rings. The van der Waals surface area contributed by atoms with Crippen LogP contribution >= 0.6 is 0 Å². The van der Waals surface area contributed by atoms with Crippen LogP contribution in [0.4, 0.5) is 0 Å². The summed E-state index contributed by atoms with van der Waals surface area (Å²) in [6, 6.07) is 10.7. The number of benzene rings is 1. The molecule has 1 aliphatic heterocycles. The number of allylic oxidation sites excluding steroid dienone is 4. The molecule has 5 rings (SSSR count). The number of fused-ring (bicyclic) bond motifs is 2. The number of pyridine rings is 1. The van der Waals surface area contributed by atoms with Gasteiger partial charge in [0.1, 0.15) is 0 Å². The van der Waals surface area contributed by atoms with E-state index in [2.05, 4.69) is 78.0 Å². The Kier molecular flexibility index (Phi) is 4.23. The molecule has 1 fully saturated rings. The molecule has 1 aromatic carbocycles. The summed E-state index contributed by atoms with van der Waals surface area (Å²) >= 11 is 0. The van der Waals surface area contributed by atoms with Crippen molar-refractivity contribution in [2.24, 2.45) is 0 Å². The summed E-state index contributed by atoms with van der Waals surface area (Å²) in [6.45, 7) is 13.1. The van der Waals surface area contributed by atoms with E-state index >= 15 is 0 Å². The van der Waals surface area contributed by atoms with Crippen LogP contribution in [0.2, 0.25) is 0 Å². The molecule has 4 heteroatoms. The van der Waals surface area contributed by atoms with E-state index in [9.17, 15) is 0 Å². The van der Waals surface area contributed by atoms with Crippen LogP contribution in [0.1, 0.15) is 65.5 Å². The summed E-state index contributed by atoms with van der Waals surface area (Å²) in [6.07, 6.45) is 8.73. The monoisotopic (exact) mass is 399 g/mol. The highest BCUT2D eigenvalue weighted by Crippen LogP contribution is 2.52. The summed E-state index contributed by atoms with van der Waals surface area (Å²) in [4.78, 5) is 4.85. The molecule has 0 amide bonds. The summed E-state index contributed by atoms with van der Waals surface area (Å²) in [5.41, 5.74) is 8.04. The minimum atomic E-state index is -0.431. The van der Waals surface area contributed by atoms with Crippen LogP contribution in [0.3, 0.4) is 0 Å². The fraction of sp³-hybridized carbons (Fsp3) is 0.423. The van der Waals surface area contributed by atoms with Gasteiger partial charge >= 0.3 is 7.12 Å². The second-order valence-electron chi connectivity index (χ2n) is 10.2.